The van der Waals surface area contributed by atoms with Crippen LogP contribution in [0.3, 0.4) is 0 Å². The number of likely N-dealkylation sites (tertiary alicyclic amines) is 1. The molecule has 0 bridgehead atoms. The summed E-state index contributed by atoms with van der Waals surface area (Å²) in [5, 5.41) is 5.63. The van der Waals surface area contributed by atoms with E-state index < -0.39 is 12.2 Å². The van der Waals surface area contributed by atoms with E-state index in [9.17, 15) is 9.59 Å². The van der Waals surface area contributed by atoms with Crippen molar-refractivity contribution in [2.24, 2.45) is 16.8 Å². The van der Waals surface area contributed by atoms with E-state index in [2.05, 4.69) is 15.5 Å². The maximum Gasteiger partial charge on any atom is 0.321 e. The monoisotopic (exact) mass is 445 g/mol. The quantitative estimate of drug-likeness (QED) is 0.734. The fraction of sp³-hybridized carbons (Fsp3) is 0.423. The van der Waals surface area contributed by atoms with Crippen molar-refractivity contribution in [3.8, 4) is 0 Å². The van der Waals surface area contributed by atoms with Crippen molar-refractivity contribution in [3.63, 3.8) is 0 Å². The Kier molecular flexibility index (Phi) is 5.79. The lowest BCUT2D eigenvalue weighted by molar-refractivity contribution is -0.119. The summed E-state index contributed by atoms with van der Waals surface area (Å²) in [7, 11) is 1.75. The van der Waals surface area contributed by atoms with E-state index in [1.54, 1.807) is 11.9 Å². The van der Waals surface area contributed by atoms with Gasteiger partial charge in [-0.1, -0.05) is 37.1 Å². The lowest BCUT2D eigenvalue weighted by atomic mass is 9.82. The maximum absolute atomic E-state index is 13.3. The molecular formula is C26H31N5O2. The molecule has 0 radical (unpaired) electrons. The zero-order valence-corrected chi connectivity index (χ0v) is 19.3. The fourth-order valence-corrected chi connectivity index (χ4v) is 5.44. The van der Waals surface area contributed by atoms with Gasteiger partial charge in [0.1, 0.15) is 5.84 Å². The highest BCUT2D eigenvalue weighted by atomic mass is 16.2. The zero-order valence-electron chi connectivity index (χ0n) is 19.3. The molecule has 172 valence electrons. The smallest absolute Gasteiger partial charge is 0.321 e. The largest absolute Gasteiger partial charge is 0.356 e. The Bertz CT molecular complexity index is 1080. The number of carbonyl (C=O) groups excluding carboxylic acids is 2. The van der Waals surface area contributed by atoms with Gasteiger partial charge in [0.15, 0.2) is 0 Å². The van der Waals surface area contributed by atoms with Gasteiger partial charge in [-0.15, -0.1) is 0 Å². The van der Waals surface area contributed by atoms with Crippen LogP contribution in [0.1, 0.15) is 36.8 Å². The number of nitrogens with one attached hydrogen (secondary N) is 2. The number of aryl methyl sites for hydroxylation is 1. The molecule has 0 aromatic heterocycles. The summed E-state index contributed by atoms with van der Waals surface area (Å²) in [6, 6.07) is 15.0. The third kappa shape index (κ3) is 4.32. The SMILES string of the molecule is Cc1cccc(NC(=O)N[C@@H]2N=C(N3CC4CCCCC4C3)c3ccccc3N(C)C2=O)c1. The molecule has 7 nitrogen and oxygen atoms in total. The fourth-order valence-electron chi connectivity index (χ4n) is 5.44. The molecular weight excluding hydrogens is 414 g/mol. The minimum absolute atomic E-state index is 0.256. The van der Waals surface area contributed by atoms with E-state index in [1.807, 2.05) is 55.5 Å². The first-order chi connectivity index (χ1) is 16.0. The van der Waals surface area contributed by atoms with E-state index in [0.29, 0.717) is 17.5 Å². The van der Waals surface area contributed by atoms with E-state index in [0.717, 1.165) is 35.7 Å². The molecule has 1 aliphatic carbocycles. The molecule has 5 rings (SSSR count). The zero-order chi connectivity index (χ0) is 22.9. The minimum Gasteiger partial charge on any atom is -0.356 e. The molecule has 0 spiro atoms. The van der Waals surface area contributed by atoms with Gasteiger partial charge >= 0.3 is 6.03 Å². The summed E-state index contributed by atoms with van der Waals surface area (Å²) in [5.41, 5.74) is 3.48. The second-order valence-electron chi connectivity index (χ2n) is 9.45. The molecule has 3 amide bonds. The summed E-state index contributed by atoms with van der Waals surface area (Å²) >= 11 is 0. The van der Waals surface area contributed by atoms with Crippen molar-refractivity contribution >= 4 is 29.1 Å². The molecule has 3 atom stereocenters. The number of fused-ring (bicyclic) bond motifs is 2. The number of hydrogen-bond acceptors (Lipinski definition) is 4. The number of amidine groups is 1. The molecule has 2 aromatic carbocycles. The van der Waals surface area contributed by atoms with Crippen molar-refractivity contribution in [2.45, 2.75) is 38.8 Å². The van der Waals surface area contributed by atoms with Crippen LogP contribution in [0.25, 0.3) is 0 Å². The number of nitrogens with zero attached hydrogens (tertiary/aromatic N) is 3. The second-order valence-corrected chi connectivity index (χ2v) is 9.45. The van der Waals surface area contributed by atoms with Gasteiger partial charge in [-0.25, -0.2) is 9.79 Å². The summed E-state index contributed by atoms with van der Waals surface area (Å²) < 4.78 is 0. The topological polar surface area (TPSA) is 77.0 Å². The van der Waals surface area contributed by atoms with Crippen LogP contribution >= 0.6 is 0 Å². The first kappa shape index (κ1) is 21.5. The van der Waals surface area contributed by atoms with Crippen LogP contribution in [0.2, 0.25) is 0 Å². The average Bonchev–Trinajstić information content (AvgIpc) is 3.21. The van der Waals surface area contributed by atoms with Crippen LogP contribution in [0.15, 0.2) is 53.5 Å². The molecule has 3 aliphatic rings. The minimum atomic E-state index is -0.996. The highest BCUT2D eigenvalue weighted by Gasteiger charge is 2.39. The van der Waals surface area contributed by atoms with E-state index in [1.165, 1.54) is 25.7 Å². The Morgan fingerprint density at radius 2 is 1.76 bits per heavy atom. The van der Waals surface area contributed by atoms with Crippen molar-refractivity contribution in [3.05, 3.63) is 59.7 Å². The number of amides is 3. The van der Waals surface area contributed by atoms with Gasteiger partial charge in [0.2, 0.25) is 6.17 Å². The third-order valence-electron chi connectivity index (χ3n) is 7.14. The maximum atomic E-state index is 13.3. The van der Waals surface area contributed by atoms with Crippen LogP contribution in [-0.4, -0.2) is 49.0 Å². The first-order valence-electron chi connectivity index (χ1n) is 11.8. The Morgan fingerprint density at radius 1 is 1.03 bits per heavy atom. The molecule has 2 unspecified atom stereocenters. The number of benzene rings is 2. The van der Waals surface area contributed by atoms with E-state index in [4.69, 9.17) is 4.99 Å². The Labute approximate surface area is 194 Å². The van der Waals surface area contributed by atoms with E-state index in [-0.39, 0.29) is 5.91 Å². The van der Waals surface area contributed by atoms with Crippen LogP contribution in [-0.2, 0) is 4.79 Å². The van der Waals surface area contributed by atoms with Crippen LogP contribution < -0.4 is 15.5 Å². The number of carbonyl (C=O) groups is 2. The number of para-hydroxylation sites is 1. The number of hydrogen-bond donors (Lipinski definition) is 2. The van der Waals surface area contributed by atoms with Gasteiger partial charge in [-0.05, 0) is 61.4 Å². The molecule has 2 aliphatic heterocycles. The number of anilines is 2. The highest BCUT2D eigenvalue weighted by molar-refractivity contribution is 6.12. The Morgan fingerprint density at radius 3 is 2.48 bits per heavy atom. The van der Waals surface area contributed by atoms with Gasteiger partial charge < -0.3 is 20.4 Å². The predicted molar refractivity (Wildman–Crippen MR) is 131 cm³/mol. The lowest BCUT2D eigenvalue weighted by Crippen LogP contribution is -2.47. The van der Waals surface area contributed by atoms with Crippen molar-refractivity contribution in [1.29, 1.82) is 0 Å². The van der Waals surface area contributed by atoms with Crippen LogP contribution in [0, 0.1) is 18.8 Å². The third-order valence-corrected chi connectivity index (χ3v) is 7.14. The van der Waals surface area contributed by atoms with Gasteiger partial charge in [-0.3, -0.25) is 4.79 Å². The number of likely N-dealkylation sites (N-methyl/N-ethyl adjacent to an activating group) is 1. The van der Waals surface area contributed by atoms with Gasteiger partial charge in [0.05, 0.1) is 5.69 Å². The molecule has 2 aromatic rings. The van der Waals surface area contributed by atoms with Crippen LogP contribution in [0.4, 0.5) is 16.2 Å². The molecule has 1 saturated carbocycles. The molecule has 2 heterocycles. The number of urea groups is 1. The number of aliphatic imine (C=N–C) groups is 1. The lowest BCUT2D eigenvalue weighted by Gasteiger charge is -2.23. The number of benzodiazepines with no additional fused rings is 1. The summed E-state index contributed by atoms with van der Waals surface area (Å²) in [4.78, 5) is 34.9. The average molecular weight is 446 g/mol. The first-order valence-corrected chi connectivity index (χ1v) is 11.8. The molecule has 33 heavy (non-hydrogen) atoms. The summed E-state index contributed by atoms with van der Waals surface area (Å²) in [5.74, 6) is 1.91. The molecule has 7 heteroatoms. The molecule has 2 fully saturated rings. The van der Waals surface area contributed by atoms with Gasteiger partial charge in [0.25, 0.3) is 5.91 Å². The summed E-state index contributed by atoms with van der Waals surface area (Å²) in [6.07, 6.45) is 4.11. The molecule has 1 saturated heterocycles. The van der Waals surface area contributed by atoms with Crippen molar-refractivity contribution in [2.75, 3.05) is 30.4 Å². The normalized spacial score (nSPS) is 24.5. The standard InChI is InChI=1S/C26H31N5O2/c1-17-8-7-11-20(14-17)27-26(33)29-23-25(32)30(2)22-13-6-5-12-21(22)24(28-23)31-15-18-9-3-4-10-19(18)16-31/h5-8,11-14,18-19,23H,3-4,9-10,15-16H2,1-2H3,(H2,27,29,33)/t18?,19?,23-/m0/s1. The predicted octanol–water partition coefficient (Wildman–Crippen LogP) is 3.99. The number of rotatable bonds is 2. The van der Waals surface area contributed by atoms with Gasteiger partial charge in [0, 0.05) is 31.4 Å². The Balaban J connectivity index is 1.44. The Hall–Kier alpha value is -3.35. The highest BCUT2D eigenvalue weighted by Crippen LogP contribution is 2.38. The van der Waals surface area contributed by atoms with Crippen molar-refractivity contribution in [1.82, 2.24) is 10.2 Å². The van der Waals surface area contributed by atoms with Gasteiger partial charge in [-0.2, -0.15) is 0 Å². The van der Waals surface area contributed by atoms with E-state index >= 15 is 0 Å². The van der Waals surface area contributed by atoms with Crippen molar-refractivity contribution < 1.29 is 9.59 Å². The second kappa shape index (κ2) is 8.89. The van der Waals surface area contributed by atoms with Crippen LogP contribution in [0.5, 0.6) is 0 Å². The molecule has 2 N–H and O–H groups in total. The summed E-state index contributed by atoms with van der Waals surface area (Å²) in [6.45, 7) is 3.88.